The van der Waals surface area contributed by atoms with Crippen LogP contribution in [0, 0.1) is 6.92 Å². The summed E-state index contributed by atoms with van der Waals surface area (Å²) in [6.45, 7) is 1.96. The second kappa shape index (κ2) is 7.30. The van der Waals surface area contributed by atoms with Crippen LogP contribution in [0.2, 0.25) is 5.02 Å². The zero-order chi connectivity index (χ0) is 18.8. The van der Waals surface area contributed by atoms with Gasteiger partial charge in [0.2, 0.25) is 5.76 Å². The number of oxazole rings is 1. The Morgan fingerprint density at radius 1 is 1.19 bits per heavy atom. The predicted molar refractivity (Wildman–Crippen MR) is 105 cm³/mol. The van der Waals surface area contributed by atoms with Crippen molar-refractivity contribution in [2.45, 2.75) is 6.92 Å². The van der Waals surface area contributed by atoms with Gasteiger partial charge in [-0.2, -0.15) is 0 Å². The normalized spacial score (nSPS) is 10.7. The van der Waals surface area contributed by atoms with E-state index < -0.39 is 5.91 Å². The molecule has 3 aromatic heterocycles. The Balaban J connectivity index is 1.58. The molecule has 0 radical (unpaired) electrons. The molecule has 134 valence electrons. The summed E-state index contributed by atoms with van der Waals surface area (Å²) in [5, 5.41) is 5.61. The molecule has 1 aromatic carbocycles. The second-order valence-corrected chi connectivity index (χ2v) is 7.00. The van der Waals surface area contributed by atoms with Gasteiger partial charge in [-0.25, -0.2) is 9.97 Å². The molecule has 1 N–H and O–H groups in total. The average molecular weight is 397 g/mol. The van der Waals surface area contributed by atoms with Gasteiger partial charge in [0.1, 0.15) is 11.4 Å². The smallest absolute Gasteiger partial charge is 0.295 e. The van der Waals surface area contributed by atoms with Crippen LogP contribution in [0.4, 0.5) is 5.13 Å². The Kier molecular flexibility index (Phi) is 4.70. The largest absolute Gasteiger partial charge is 0.438 e. The maximum absolute atomic E-state index is 12.6. The maximum atomic E-state index is 12.6. The average Bonchev–Trinajstić information content (AvgIpc) is 3.31. The third-order valence-electron chi connectivity index (χ3n) is 3.85. The summed E-state index contributed by atoms with van der Waals surface area (Å²) in [6.07, 6.45) is 2.95. The number of hydrogen-bond donors (Lipinski definition) is 1. The number of carbonyl (C=O) groups is 1. The standard InChI is InChI=1S/C19H13ClN4O2S/c1-11-4-3-7-21-15(11)14-9-27-19(23-14)24-18(25)17-16(22-10-26-17)12-5-2-6-13(20)8-12/h2-10H,1H3,(H,23,24,25). The van der Waals surface area contributed by atoms with E-state index in [1.165, 1.54) is 17.7 Å². The van der Waals surface area contributed by atoms with E-state index in [1.807, 2.05) is 30.5 Å². The van der Waals surface area contributed by atoms with Crippen molar-refractivity contribution in [1.29, 1.82) is 0 Å². The van der Waals surface area contributed by atoms with Gasteiger partial charge in [0, 0.05) is 22.2 Å². The minimum Gasteiger partial charge on any atom is -0.438 e. The van der Waals surface area contributed by atoms with Gasteiger partial charge in [-0.15, -0.1) is 11.3 Å². The van der Waals surface area contributed by atoms with Crippen LogP contribution in [0.1, 0.15) is 16.1 Å². The Morgan fingerprint density at radius 2 is 2.07 bits per heavy atom. The van der Waals surface area contributed by atoms with Crippen LogP contribution in [-0.4, -0.2) is 20.9 Å². The molecule has 0 aliphatic rings. The number of carbonyl (C=O) groups excluding carboxylic acids is 1. The monoisotopic (exact) mass is 396 g/mol. The number of benzene rings is 1. The number of nitrogens with zero attached hydrogens (tertiary/aromatic N) is 3. The highest BCUT2D eigenvalue weighted by Gasteiger charge is 2.20. The number of rotatable bonds is 4. The Hall–Kier alpha value is -3.03. The maximum Gasteiger partial charge on any atom is 0.295 e. The van der Waals surface area contributed by atoms with Crippen molar-refractivity contribution in [3.63, 3.8) is 0 Å². The van der Waals surface area contributed by atoms with E-state index in [9.17, 15) is 4.79 Å². The fraction of sp³-hybridized carbons (Fsp3) is 0.0526. The topological polar surface area (TPSA) is 80.9 Å². The van der Waals surface area contributed by atoms with E-state index >= 15 is 0 Å². The Morgan fingerprint density at radius 3 is 2.89 bits per heavy atom. The van der Waals surface area contributed by atoms with E-state index in [0.29, 0.717) is 27.1 Å². The van der Waals surface area contributed by atoms with Crippen LogP contribution < -0.4 is 5.32 Å². The van der Waals surface area contributed by atoms with Crippen molar-refractivity contribution in [1.82, 2.24) is 15.0 Å². The molecule has 0 atom stereocenters. The summed E-state index contributed by atoms with van der Waals surface area (Å²) in [6, 6.07) is 10.9. The summed E-state index contributed by atoms with van der Waals surface area (Å²) in [4.78, 5) is 25.6. The minimum absolute atomic E-state index is 0.100. The van der Waals surface area contributed by atoms with E-state index in [-0.39, 0.29) is 5.76 Å². The van der Waals surface area contributed by atoms with Gasteiger partial charge in [0.15, 0.2) is 11.5 Å². The molecular weight excluding hydrogens is 384 g/mol. The van der Waals surface area contributed by atoms with E-state index in [0.717, 1.165) is 11.3 Å². The molecule has 1 amide bonds. The van der Waals surface area contributed by atoms with Crippen molar-refractivity contribution in [2.75, 3.05) is 5.32 Å². The molecule has 3 heterocycles. The highest BCUT2D eigenvalue weighted by atomic mass is 35.5. The number of nitrogens with one attached hydrogen (secondary N) is 1. The van der Waals surface area contributed by atoms with Crippen molar-refractivity contribution in [3.8, 4) is 22.6 Å². The van der Waals surface area contributed by atoms with Gasteiger partial charge < -0.3 is 4.42 Å². The molecule has 0 saturated carbocycles. The van der Waals surface area contributed by atoms with Crippen molar-refractivity contribution < 1.29 is 9.21 Å². The molecule has 8 heteroatoms. The zero-order valence-corrected chi connectivity index (χ0v) is 15.7. The lowest BCUT2D eigenvalue weighted by molar-refractivity contribution is 0.0997. The first-order valence-electron chi connectivity index (χ1n) is 8.00. The lowest BCUT2D eigenvalue weighted by atomic mass is 10.1. The highest BCUT2D eigenvalue weighted by molar-refractivity contribution is 7.14. The number of thiazole rings is 1. The van der Waals surface area contributed by atoms with Crippen molar-refractivity contribution in [2.24, 2.45) is 0 Å². The van der Waals surface area contributed by atoms with Crippen LogP contribution in [-0.2, 0) is 0 Å². The summed E-state index contributed by atoms with van der Waals surface area (Å²) in [7, 11) is 0. The van der Waals surface area contributed by atoms with Crippen LogP contribution >= 0.6 is 22.9 Å². The third-order valence-corrected chi connectivity index (χ3v) is 4.84. The van der Waals surface area contributed by atoms with Gasteiger partial charge in [-0.05, 0) is 30.7 Å². The zero-order valence-electron chi connectivity index (χ0n) is 14.1. The van der Waals surface area contributed by atoms with Crippen LogP contribution in [0.25, 0.3) is 22.6 Å². The summed E-state index contributed by atoms with van der Waals surface area (Å²) in [5.41, 5.74) is 3.63. The van der Waals surface area contributed by atoms with Crippen molar-refractivity contribution in [3.05, 3.63) is 70.7 Å². The van der Waals surface area contributed by atoms with Gasteiger partial charge in [-0.3, -0.25) is 15.1 Å². The SMILES string of the molecule is Cc1cccnc1-c1csc(NC(=O)c2ocnc2-c2cccc(Cl)c2)n1. The summed E-state index contributed by atoms with van der Waals surface area (Å²) in [5.74, 6) is -0.329. The number of hydrogen-bond acceptors (Lipinski definition) is 6. The third kappa shape index (κ3) is 3.60. The van der Waals surface area contributed by atoms with E-state index in [4.69, 9.17) is 16.0 Å². The molecule has 0 fully saturated rings. The van der Waals surface area contributed by atoms with Gasteiger partial charge >= 0.3 is 0 Å². The summed E-state index contributed by atoms with van der Waals surface area (Å²) >= 11 is 7.34. The van der Waals surface area contributed by atoms with Gasteiger partial charge in [0.25, 0.3) is 5.91 Å². The molecule has 0 bridgehead atoms. The molecule has 6 nitrogen and oxygen atoms in total. The van der Waals surface area contributed by atoms with Crippen molar-refractivity contribution >= 4 is 34.0 Å². The van der Waals surface area contributed by atoms with Gasteiger partial charge in [-0.1, -0.05) is 29.8 Å². The first-order valence-corrected chi connectivity index (χ1v) is 9.26. The molecule has 4 aromatic rings. The Labute approximate surface area is 163 Å². The molecule has 0 aliphatic heterocycles. The first-order chi connectivity index (χ1) is 13.1. The lowest BCUT2D eigenvalue weighted by Crippen LogP contribution is -2.12. The molecular formula is C19H13ClN4O2S. The highest BCUT2D eigenvalue weighted by Crippen LogP contribution is 2.28. The fourth-order valence-electron chi connectivity index (χ4n) is 2.60. The molecule has 0 saturated heterocycles. The number of aromatic nitrogens is 3. The number of pyridine rings is 1. The molecule has 4 rings (SSSR count). The first kappa shape index (κ1) is 17.4. The van der Waals surface area contributed by atoms with E-state index in [2.05, 4.69) is 20.3 Å². The lowest BCUT2D eigenvalue weighted by Gasteiger charge is -2.02. The second-order valence-electron chi connectivity index (χ2n) is 5.70. The quantitative estimate of drug-likeness (QED) is 0.520. The molecule has 0 unspecified atom stereocenters. The van der Waals surface area contributed by atoms with Crippen LogP contribution in [0.15, 0.2) is 58.8 Å². The molecule has 27 heavy (non-hydrogen) atoms. The minimum atomic E-state index is -0.430. The number of aryl methyl sites for hydroxylation is 1. The fourth-order valence-corrected chi connectivity index (χ4v) is 3.48. The molecule has 0 spiro atoms. The number of halogens is 1. The number of anilines is 1. The van der Waals surface area contributed by atoms with Gasteiger partial charge in [0.05, 0.1) is 5.69 Å². The number of amides is 1. The predicted octanol–water partition coefficient (Wildman–Crippen LogP) is 5.07. The van der Waals surface area contributed by atoms with E-state index in [1.54, 1.807) is 24.4 Å². The van der Waals surface area contributed by atoms with Crippen LogP contribution in [0.3, 0.4) is 0 Å². The summed E-state index contributed by atoms with van der Waals surface area (Å²) < 4.78 is 5.30. The Bertz CT molecular complexity index is 1120. The molecule has 0 aliphatic carbocycles. The van der Waals surface area contributed by atoms with Crippen LogP contribution in [0.5, 0.6) is 0 Å².